The largest absolute Gasteiger partial charge is 0.390 e. The van der Waals surface area contributed by atoms with E-state index in [1.807, 2.05) is 13.8 Å². The fraction of sp³-hybridized carbons (Fsp3) is 0.923. The van der Waals surface area contributed by atoms with Crippen LogP contribution < -0.4 is 0 Å². The van der Waals surface area contributed by atoms with Crippen LogP contribution in [0, 0.1) is 47.3 Å². The summed E-state index contributed by atoms with van der Waals surface area (Å²) >= 11 is 0. The molecule has 184 valence electrons. The predicted molar refractivity (Wildman–Crippen MR) is 124 cm³/mol. The quantitative estimate of drug-likeness (QED) is 0.694. The van der Waals surface area contributed by atoms with Crippen molar-refractivity contribution in [3.63, 3.8) is 0 Å². The summed E-state index contributed by atoms with van der Waals surface area (Å²) in [6.45, 7) is 10.3. The summed E-state index contributed by atoms with van der Waals surface area (Å²) in [5, 5.41) is 22.5. The zero-order valence-electron chi connectivity index (χ0n) is 20.9. The highest BCUT2D eigenvalue weighted by Crippen LogP contribution is 2.68. The second-order valence-electron chi connectivity index (χ2n) is 12.2. The van der Waals surface area contributed by atoms with Crippen LogP contribution in [0.3, 0.4) is 0 Å². The van der Waals surface area contributed by atoms with Crippen molar-refractivity contribution in [2.75, 3.05) is 13.2 Å². The fourth-order valence-electron chi connectivity index (χ4n) is 8.99. The average Bonchev–Trinajstić information content (AvgIpc) is 3.34. The molecule has 1 N–H and O–H groups in total. The molecule has 0 aliphatic heterocycles. The van der Waals surface area contributed by atoms with Gasteiger partial charge < -0.3 is 9.84 Å². The molecule has 0 spiro atoms. The predicted octanol–water partition coefficient (Wildman–Crippen LogP) is 3.98. The lowest BCUT2D eigenvalue weighted by Gasteiger charge is -2.62. The highest BCUT2D eigenvalue weighted by molar-refractivity contribution is 5.82. The summed E-state index contributed by atoms with van der Waals surface area (Å²) in [5.74, 6) is 3.63. The minimum absolute atomic E-state index is 0.0833. The summed E-state index contributed by atoms with van der Waals surface area (Å²) < 4.78 is 7.81. The summed E-state index contributed by atoms with van der Waals surface area (Å²) in [5.41, 5.74) is -0.246. The number of hydrogen-bond acceptors (Lipinski definition) is 6. The lowest BCUT2D eigenvalue weighted by atomic mass is 9.43. The van der Waals surface area contributed by atoms with E-state index in [4.69, 9.17) is 4.74 Å². The van der Waals surface area contributed by atoms with Crippen molar-refractivity contribution in [2.45, 2.75) is 97.6 Å². The molecule has 0 saturated heterocycles. The van der Waals surface area contributed by atoms with Gasteiger partial charge in [-0.1, -0.05) is 6.92 Å². The molecule has 4 aliphatic carbocycles. The second-order valence-corrected chi connectivity index (χ2v) is 12.2. The number of ether oxygens (including phenoxy) is 1. The van der Waals surface area contributed by atoms with Crippen LogP contribution in [-0.2, 0) is 16.1 Å². The third kappa shape index (κ3) is 3.78. The molecule has 1 aromatic heterocycles. The minimum Gasteiger partial charge on any atom is -0.390 e. The van der Waals surface area contributed by atoms with Crippen molar-refractivity contribution in [1.29, 1.82) is 0 Å². The first-order valence-electron chi connectivity index (χ1n) is 13.3. The van der Waals surface area contributed by atoms with Gasteiger partial charge in [-0.15, -0.1) is 5.10 Å². The van der Waals surface area contributed by atoms with Crippen LogP contribution in [-0.4, -0.2) is 49.9 Å². The number of rotatable bonds is 6. The lowest BCUT2D eigenvalue weighted by molar-refractivity contribution is -0.178. The number of tetrazole rings is 1. The number of ketones is 1. The van der Waals surface area contributed by atoms with Crippen LogP contribution in [0.25, 0.3) is 0 Å². The van der Waals surface area contributed by atoms with E-state index in [1.54, 1.807) is 4.68 Å². The number of hydrogen-bond donors (Lipinski definition) is 1. The maximum Gasteiger partial charge on any atom is 0.158 e. The molecule has 7 nitrogen and oxygen atoms in total. The number of fused-ring (bicyclic) bond motifs is 5. The van der Waals surface area contributed by atoms with Crippen LogP contribution in [0.5, 0.6) is 0 Å². The highest BCUT2D eigenvalue weighted by Gasteiger charge is 2.63. The molecular weight excluding hydrogens is 416 g/mol. The Morgan fingerprint density at radius 1 is 1.12 bits per heavy atom. The number of carbonyl (C=O) groups excluding carboxylic acids is 1. The molecule has 1 heterocycles. The first-order chi connectivity index (χ1) is 15.7. The molecule has 1 unspecified atom stereocenters. The molecule has 1 aromatic rings. The van der Waals surface area contributed by atoms with Crippen molar-refractivity contribution in [3.8, 4) is 0 Å². The summed E-state index contributed by atoms with van der Waals surface area (Å²) in [6, 6.07) is 0. The first-order valence-corrected chi connectivity index (χ1v) is 13.3. The zero-order valence-corrected chi connectivity index (χ0v) is 20.9. The normalized spacial score (nSPS) is 44.7. The van der Waals surface area contributed by atoms with Crippen LogP contribution in [0.15, 0.2) is 0 Å². The minimum atomic E-state index is -0.532. The number of nitrogens with zero attached hydrogens (tertiary/aromatic N) is 4. The van der Waals surface area contributed by atoms with Crippen LogP contribution in [0.4, 0.5) is 0 Å². The maximum absolute atomic E-state index is 13.4. The van der Waals surface area contributed by atoms with Gasteiger partial charge in [0.2, 0.25) is 0 Å². The molecule has 4 fully saturated rings. The molecule has 5 rings (SSSR count). The van der Waals surface area contributed by atoms with E-state index in [0.29, 0.717) is 41.8 Å². The first kappa shape index (κ1) is 23.4. The van der Waals surface area contributed by atoms with Gasteiger partial charge >= 0.3 is 0 Å². The maximum atomic E-state index is 13.4. The number of aryl methyl sites for hydroxylation is 1. The third-order valence-electron chi connectivity index (χ3n) is 10.6. The average molecular weight is 459 g/mol. The van der Waals surface area contributed by atoms with Crippen molar-refractivity contribution < 1.29 is 14.6 Å². The van der Waals surface area contributed by atoms with Crippen molar-refractivity contribution in [3.05, 3.63) is 5.82 Å². The topological polar surface area (TPSA) is 90.1 Å². The van der Waals surface area contributed by atoms with Gasteiger partial charge in [0.25, 0.3) is 0 Å². The molecule has 0 bridgehead atoms. The third-order valence-corrected chi connectivity index (χ3v) is 10.6. The monoisotopic (exact) mass is 458 g/mol. The van der Waals surface area contributed by atoms with Gasteiger partial charge in [-0.25, -0.2) is 4.68 Å². The van der Waals surface area contributed by atoms with E-state index < -0.39 is 5.60 Å². The van der Waals surface area contributed by atoms with Gasteiger partial charge in [0.1, 0.15) is 12.4 Å². The zero-order chi connectivity index (χ0) is 23.4. The van der Waals surface area contributed by atoms with Crippen LogP contribution >= 0.6 is 0 Å². The molecule has 4 aliphatic rings. The Bertz CT molecular complexity index is 885. The molecule has 33 heavy (non-hydrogen) atoms. The van der Waals surface area contributed by atoms with Gasteiger partial charge in [0, 0.05) is 12.5 Å². The van der Waals surface area contributed by atoms with E-state index in [-0.39, 0.29) is 16.7 Å². The molecule has 7 heteroatoms. The van der Waals surface area contributed by atoms with Gasteiger partial charge in [0.05, 0.1) is 12.2 Å². The molecule has 0 amide bonds. The SMILES string of the molecule is CCOC[C@]12CC[C@@](C)(O)C[C@@H]1CC[C@H]1C3CC[C@H](C(=O)Cn4nnnc4C)[C@@]3(C)CC[C@@H]12. The molecule has 0 aromatic carbocycles. The number of aliphatic hydroxyl groups is 1. The fourth-order valence-corrected chi connectivity index (χ4v) is 8.99. The number of carbonyl (C=O) groups is 1. The Hall–Kier alpha value is -1.34. The Morgan fingerprint density at radius 3 is 2.67 bits per heavy atom. The standard InChI is InChI=1S/C26H42N4O3/c1-5-33-16-26-13-12-24(3,32)14-18(26)6-7-19-20-8-9-22(25(20,4)11-10-21(19)26)23(31)15-30-17(2)27-28-29-30/h18-22,32H,5-16H2,1-4H3/t18-,19-,20?,21-,22+,24+,25-,26+/m0/s1. The summed E-state index contributed by atoms with van der Waals surface area (Å²) in [4.78, 5) is 13.4. The van der Waals surface area contributed by atoms with Crippen molar-refractivity contribution >= 4 is 5.78 Å². The lowest BCUT2D eigenvalue weighted by Crippen LogP contribution is -2.58. The molecule has 4 saturated carbocycles. The highest BCUT2D eigenvalue weighted by atomic mass is 16.5. The van der Waals surface area contributed by atoms with Crippen molar-refractivity contribution in [1.82, 2.24) is 20.2 Å². The van der Waals surface area contributed by atoms with Crippen LogP contribution in [0.2, 0.25) is 0 Å². The van der Waals surface area contributed by atoms with E-state index in [0.717, 1.165) is 51.7 Å². The molecule has 0 radical (unpaired) electrons. The van der Waals surface area contributed by atoms with Gasteiger partial charge in [0.15, 0.2) is 5.78 Å². The Morgan fingerprint density at radius 2 is 1.94 bits per heavy atom. The van der Waals surface area contributed by atoms with Crippen LogP contribution in [0.1, 0.15) is 84.4 Å². The molecule has 8 atom stereocenters. The Balaban J connectivity index is 1.38. The van der Waals surface area contributed by atoms with E-state index in [1.165, 1.54) is 19.3 Å². The summed E-state index contributed by atoms with van der Waals surface area (Å²) in [7, 11) is 0. The number of Topliss-reactive ketones (excluding diaryl/α,β-unsaturated/α-hetero) is 1. The van der Waals surface area contributed by atoms with Gasteiger partial charge in [-0.05, 0) is 123 Å². The molecular formula is C26H42N4O3. The number of aromatic nitrogens is 4. The second kappa shape index (κ2) is 8.40. The Labute approximate surface area is 198 Å². The Kier molecular flexibility index (Phi) is 5.96. The van der Waals surface area contributed by atoms with Gasteiger partial charge in [-0.3, -0.25) is 4.79 Å². The van der Waals surface area contributed by atoms with E-state index >= 15 is 0 Å². The van der Waals surface area contributed by atoms with E-state index in [2.05, 4.69) is 29.4 Å². The summed E-state index contributed by atoms with van der Waals surface area (Å²) in [6.07, 6.45) is 9.79. The smallest absolute Gasteiger partial charge is 0.158 e. The van der Waals surface area contributed by atoms with Crippen molar-refractivity contribution in [2.24, 2.45) is 40.4 Å². The van der Waals surface area contributed by atoms with E-state index in [9.17, 15) is 9.90 Å². The van der Waals surface area contributed by atoms with Gasteiger partial charge in [-0.2, -0.15) is 0 Å².